The molecule has 8 heteroatoms. The Balaban J connectivity index is 1.71. The average molecular weight is 484 g/mol. The lowest BCUT2D eigenvalue weighted by molar-refractivity contribution is -0.141. The van der Waals surface area contributed by atoms with E-state index >= 15 is 0 Å². The number of nitrogens with zero attached hydrogens (tertiary/aromatic N) is 2. The second-order valence-corrected chi connectivity index (χ2v) is 8.99. The molecule has 0 saturated heterocycles. The number of hydrazone groups is 1. The second-order valence-electron chi connectivity index (χ2n) is 7.82. The molecular formula is C23H22BrN3O4. The van der Waals surface area contributed by atoms with Crippen LogP contribution in [0.2, 0.25) is 0 Å². The number of aryl methyl sites for hydroxylation is 1. The number of rotatable bonds is 5. The van der Waals surface area contributed by atoms with Crippen LogP contribution in [0, 0.1) is 6.92 Å². The zero-order chi connectivity index (χ0) is 22.1. The molecule has 1 aromatic heterocycles. The number of halogens is 1. The molecule has 0 spiro atoms. The van der Waals surface area contributed by atoms with Crippen molar-refractivity contribution in [1.29, 1.82) is 0 Å². The van der Waals surface area contributed by atoms with Crippen LogP contribution in [-0.4, -0.2) is 43.6 Å². The number of hydrogen-bond donors (Lipinski definition) is 2. The summed E-state index contributed by atoms with van der Waals surface area (Å²) >= 11 is 3.54. The summed E-state index contributed by atoms with van der Waals surface area (Å²) in [6.45, 7) is 1.96. The number of aromatic nitrogens is 1. The summed E-state index contributed by atoms with van der Waals surface area (Å²) in [6.07, 6.45) is 6.78. The summed E-state index contributed by atoms with van der Waals surface area (Å²) in [5.74, 6) is -1.40. The highest BCUT2D eigenvalue weighted by Crippen LogP contribution is 2.30. The quantitative estimate of drug-likeness (QED) is 0.633. The zero-order valence-corrected chi connectivity index (χ0v) is 18.6. The molecule has 0 radical (unpaired) electrons. The first-order valence-corrected chi connectivity index (χ1v) is 11.0. The lowest BCUT2D eigenvalue weighted by Gasteiger charge is -2.24. The van der Waals surface area contributed by atoms with E-state index in [9.17, 15) is 14.4 Å². The average Bonchev–Trinajstić information content (AvgIpc) is 3.17. The molecule has 2 aromatic rings. The molecule has 0 fully saturated rings. The minimum absolute atomic E-state index is 0.145. The summed E-state index contributed by atoms with van der Waals surface area (Å²) in [5, 5.41) is 15.7. The number of aliphatic carboxylic acids is 1. The molecule has 1 aliphatic heterocycles. The van der Waals surface area contributed by atoms with Gasteiger partial charge in [0.25, 0.3) is 5.56 Å². The molecule has 2 N–H and O–H groups in total. The smallest absolute Gasteiger partial charge is 0.303 e. The molecule has 0 bridgehead atoms. The number of H-pyrrole nitrogens is 1. The number of alkyl halides is 1. The van der Waals surface area contributed by atoms with E-state index < -0.39 is 5.97 Å². The lowest BCUT2D eigenvalue weighted by Crippen LogP contribution is -2.34. The molecule has 2 unspecified atom stereocenters. The summed E-state index contributed by atoms with van der Waals surface area (Å²) in [4.78, 5) is 39.7. The van der Waals surface area contributed by atoms with Crippen molar-refractivity contribution in [1.82, 2.24) is 9.99 Å². The molecule has 1 aromatic carbocycles. The van der Waals surface area contributed by atoms with Gasteiger partial charge in [-0.15, -0.1) is 0 Å². The Hall–Kier alpha value is -3.00. The van der Waals surface area contributed by atoms with Gasteiger partial charge in [-0.2, -0.15) is 5.10 Å². The van der Waals surface area contributed by atoms with Crippen LogP contribution in [0.5, 0.6) is 0 Å². The van der Waals surface area contributed by atoms with Crippen LogP contribution in [0.15, 0.2) is 58.0 Å². The fourth-order valence-corrected chi connectivity index (χ4v) is 4.22. The van der Waals surface area contributed by atoms with Crippen LogP contribution in [0.3, 0.4) is 0 Å². The van der Waals surface area contributed by atoms with E-state index in [-0.39, 0.29) is 35.2 Å². The van der Waals surface area contributed by atoms with Crippen LogP contribution in [0.4, 0.5) is 0 Å². The largest absolute Gasteiger partial charge is 0.481 e. The minimum atomic E-state index is -1.03. The maximum atomic E-state index is 12.8. The van der Waals surface area contributed by atoms with Crippen molar-refractivity contribution in [2.45, 2.75) is 43.5 Å². The van der Waals surface area contributed by atoms with E-state index in [2.05, 4.69) is 26.0 Å². The number of carbonyl (C=O) groups is 2. The third-order valence-corrected chi connectivity index (χ3v) is 6.17. The molecule has 1 aliphatic carbocycles. The van der Waals surface area contributed by atoms with Crippen LogP contribution < -0.4 is 5.56 Å². The lowest BCUT2D eigenvalue weighted by atomic mass is 9.94. The van der Waals surface area contributed by atoms with Crippen LogP contribution >= 0.6 is 15.9 Å². The van der Waals surface area contributed by atoms with E-state index in [0.29, 0.717) is 17.7 Å². The Kier molecular flexibility index (Phi) is 5.91. The van der Waals surface area contributed by atoms with Gasteiger partial charge >= 0.3 is 5.97 Å². The van der Waals surface area contributed by atoms with E-state index in [1.807, 2.05) is 43.4 Å². The maximum absolute atomic E-state index is 12.8. The van der Waals surface area contributed by atoms with Crippen molar-refractivity contribution >= 4 is 44.4 Å². The Bertz CT molecular complexity index is 1210. The van der Waals surface area contributed by atoms with Crippen molar-refractivity contribution in [2.75, 3.05) is 0 Å². The maximum Gasteiger partial charge on any atom is 0.303 e. The molecule has 2 heterocycles. The molecule has 31 heavy (non-hydrogen) atoms. The predicted molar refractivity (Wildman–Crippen MR) is 123 cm³/mol. The third kappa shape index (κ3) is 4.54. The molecule has 2 aliphatic rings. The number of carboxylic acids is 1. The van der Waals surface area contributed by atoms with Gasteiger partial charge in [0.05, 0.1) is 23.7 Å². The van der Waals surface area contributed by atoms with Gasteiger partial charge in [-0.25, -0.2) is 5.01 Å². The van der Waals surface area contributed by atoms with Gasteiger partial charge in [0.15, 0.2) is 0 Å². The predicted octanol–water partition coefficient (Wildman–Crippen LogP) is 3.66. The van der Waals surface area contributed by atoms with E-state index in [1.165, 1.54) is 5.01 Å². The number of amides is 1. The van der Waals surface area contributed by atoms with Gasteiger partial charge in [0.1, 0.15) is 0 Å². The van der Waals surface area contributed by atoms with Crippen molar-refractivity contribution in [3.05, 3.63) is 69.5 Å². The first-order valence-electron chi connectivity index (χ1n) is 10.1. The van der Waals surface area contributed by atoms with Crippen molar-refractivity contribution in [3.8, 4) is 0 Å². The number of carbonyl (C=O) groups excluding carboxylic acids is 1. The Morgan fingerprint density at radius 2 is 2.10 bits per heavy atom. The molecule has 2 atom stereocenters. The molecule has 0 saturated carbocycles. The summed E-state index contributed by atoms with van der Waals surface area (Å²) < 4.78 is 0. The van der Waals surface area contributed by atoms with Crippen LogP contribution in [0.1, 0.15) is 36.8 Å². The third-order valence-electron chi connectivity index (χ3n) is 5.49. The fourth-order valence-electron chi connectivity index (χ4n) is 3.88. The van der Waals surface area contributed by atoms with Crippen molar-refractivity contribution in [2.24, 2.45) is 5.10 Å². The molecule has 160 valence electrons. The van der Waals surface area contributed by atoms with E-state index in [0.717, 1.165) is 28.5 Å². The number of fused-ring (bicyclic) bond motifs is 1. The number of allylic oxidation sites excluding steroid dienone is 2. The van der Waals surface area contributed by atoms with Gasteiger partial charge in [-0.05, 0) is 42.0 Å². The molecule has 4 rings (SSSR count). The number of nitrogens with one attached hydrogen (secondary N) is 1. The molecular weight excluding hydrogens is 462 g/mol. The zero-order valence-electron chi connectivity index (χ0n) is 17.0. The van der Waals surface area contributed by atoms with Gasteiger partial charge in [-0.1, -0.05) is 46.3 Å². The minimum Gasteiger partial charge on any atom is -0.481 e. The van der Waals surface area contributed by atoms with Gasteiger partial charge in [-0.3, -0.25) is 14.4 Å². The van der Waals surface area contributed by atoms with E-state index in [4.69, 9.17) is 5.11 Å². The topological polar surface area (TPSA) is 103 Å². The summed E-state index contributed by atoms with van der Waals surface area (Å²) in [5.41, 5.74) is 3.42. The number of carboxylic acid groups (broad SMARTS) is 1. The highest BCUT2D eigenvalue weighted by atomic mass is 79.9. The van der Waals surface area contributed by atoms with Crippen LogP contribution in [-0.2, 0) is 9.59 Å². The Morgan fingerprint density at radius 1 is 1.29 bits per heavy atom. The van der Waals surface area contributed by atoms with Crippen LogP contribution in [0.25, 0.3) is 10.9 Å². The summed E-state index contributed by atoms with van der Waals surface area (Å²) in [6, 6.07) is 7.26. The molecule has 1 amide bonds. The Morgan fingerprint density at radius 3 is 2.81 bits per heavy atom. The fraction of sp³-hybridized carbons (Fsp3) is 0.304. The van der Waals surface area contributed by atoms with Gasteiger partial charge < -0.3 is 10.1 Å². The highest BCUT2D eigenvalue weighted by molar-refractivity contribution is 9.09. The number of hydrogen-bond acceptors (Lipinski definition) is 4. The SMILES string of the molecule is Cc1ccc2cc(C3=NN(C(=O)CCC(=O)O)C(C4=CCC(Br)C=C4)C3)c(=O)[nH]c2c1. The molecule has 7 nitrogen and oxygen atoms in total. The highest BCUT2D eigenvalue weighted by Gasteiger charge is 2.35. The monoisotopic (exact) mass is 483 g/mol. The Labute approximate surface area is 187 Å². The number of aromatic amines is 1. The van der Waals surface area contributed by atoms with E-state index in [1.54, 1.807) is 6.07 Å². The standard InChI is InChI=1S/C23H22BrN3O4/c1-13-2-3-15-11-17(23(31)25-18(15)10-13)19-12-20(14-4-6-16(24)7-5-14)27(26-19)21(28)8-9-22(29)30/h2-6,10-11,16,20H,7-9,12H2,1H3,(H,25,31)(H,29,30). The summed E-state index contributed by atoms with van der Waals surface area (Å²) in [7, 11) is 0. The second kappa shape index (κ2) is 8.63. The number of pyridine rings is 1. The first kappa shape index (κ1) is 21.2. The first-order chi connectivity index (χ1) is 14.8. The van der Waals surface area contributed by atoms with Gasteiger partial charge in [0, 0.05) is 23.2 Å². The normalized spacial score (nSPS) is 20.6. The number of benzene rings is 1. The van der Waals surface area contributed by atoms with Crippen molar-refractivity contribution in [3.63, 3.8) is 0 Å². The van der Waals surface area contributed by atoms with Gasteiger partial charge in [0.2, 0.25) is 5.91 Å². The van der Waals surface area contributed by atoms with Crippen molar-refractivity contribution < 1.29 is 14.7 Å².